The van der Waals surface area contributed by atoms with E-state index in [9.17, 15) is 4.39 Å². The van der Waals surface area contributed by atoms with Crippen LogP contribution in [0.2, 0.25) is 0 Å². The van der Waals surface area contributed by atoms with Gasteiger partial charge < -0.3 is 15.5 Å². The van der Waals surface area contributed by atoms with Crippen molar-refractivity contribution >= 4 is 39.6 Å². The SMILES string of the molecule is C/C=C\c1c(C)sc2c1C(N(C)CCCNCC)=Nc1ccc(F)cc1N2. The van der Waals surface area contributed by atoms with Crippen molar-refractivity contribution in [2.75, 3.05) is 32.0 Å². The Kier molecular flexibility index (Phi) is 6.29. The number of amidine groups is 1. The molecule has 0 bridgehead atoms. The Morgan fingerprint density at radius 1 is 1.37 bits per heavy atom. The summed E-state index contributed by atoms with van der Waals surface area (Å²) in [5, 5.41) is 7.80. The molecule has 0 radical (unpaired) electrons. The minimum Gasteiger partial charge on any atom is -0.359 e. The third kappa shape index (κ3) is 4.22. The molecule has 2 N–H and O–H groups in total. The predicted molar refractivity (Wildman–Crippen MR) is 115 cm³/mol. The van der Waals surface area contributed by atoms with Crippen LogP contribution in [0.4, 0.5) is 20.8 Å². The summed E-state index contributed by atoms with van der Waals surface area (Å²) in [6.07, 6.45) is 5.21. The first-order valence-electron chi connectivity index (χ1n) is 9.38. The van der Waals surface area contributed by atoms with Gasteiger partial charge in [-0.1, -0.05) is 19.1 Å². The molecule has 0 amide bonds. The molecule has 0 saturated carbocycles. The Morgan fingerprint density at radius 3 is 2.93 bits per heavy atom. The van der Waals surface area contributed by atoms with Gasteiger partial charge in [0.25, 0.3) is 0 Å². The topological polar surface area (TPSA) is 39.7 Å². The lowest BCUT2D eigenvalue weighted by Gasteiger charge is -2.22. The number of fused-ring (bicyclic) bond motifs is 2. The zero-order chi connectivity index (χ0) is 19.4. The van der Waals surface area contributed by atoms with Crippen LogP contribution in [-0.2, 0) is 0 Å². The fraction of sp³-hybridized carbons (Fsp3) is 0.381. The molecule has 2 heterocycles. The standard InChI is InChI=1S/C21H27FN4S/c1-5-8-16-14(3)27-21-19(16)20(26(4)12-7-11-23-6-2)24-17-10-9-15(22)13-18(17)25-21/h5,8-10,13,23,25H,6-7,11-12H2,1-4H3/b8-5-. The number of hydrogen-bond donors (Lipinski definition) is 2. The van der Waals surface area contributed by atoms with Crippen molar-refractivity contribution in [3.8, 4) is 0 Å². The van der Waals surface area contributed by atoms with Gasteiger partial charge in [0.15, 0.2) is 0 Å². The van der Waals surface area contributed by atoms with Crippen molar-refractivity contribution in [2.24, 2.45) is 4.99 Å². The summed E-state index contributed by atoms with van der Waals surface area (Å²) in [7, 11) is 2.08. The predicted octanol–water partition coefficient (Wildman–Crippen LogP) is 5.30. The van der Waals surface area contributed by atoms with Gasteiger partial charge in [-0.05, 0) is 51.6 Å². The van der Waals surface area contributed by atoms with Crippen molar-refractivity contribution < 1.29 is 4.39 Å². The first-order valence-corrected chi connectivity index (χ1v) is 10.2. The minimum absolute atomic E-state index is 0.262. The highest BCUT2D eigenvalue weighted by Gasteiger charge is 2.25. The molecule has 1 aromatic carbocycles. The molecule has 0 spiro atoms. The summed E-state index contributed by atoms with van der Waals surface area (Å²) in [6, 6.07) is 4.72. The highest BCUT2D eigenvalue weighted by molar-refractivity contribution is 7.16. The van der Waals surface area contributed by atoms with Gasteiger partial charge in [-0.3, -0.25) is 0 Å². The van der Waals surface area contributed by atoms with E-state index in [0.29, 0.717) is 5.69 Å². The number of rotatable bonds is 6. The maximum Gasteiger partial charge on any atom is 0.139 e. The number of aliphatic imine (C=N–C) groups is 1. The van der Waals surface area contributed by atoms with Crippen molar-refractivity contribution in [3.63, 3.8) is 0 Å². The number of nitrogens with zero attached hydrogens (tertiary/aromatic N) is 2. The molecule has 0 saturated heterocycles. The number of hydrogen-bond acceptors (Lipinski definition) is 5. The van der Waals surface area contributed by atoms with Crippen LogP contribution in [-0.4, -0.2) is 37.4 Å². The Hall–Kier alpha value is -2.18. The molecule has 1 aromatic heterocycles. The number of thiophene rings is 1. The molecule has 4 nitrogen and oxygen atoms in total. The number of anilines is 2. The fourth-order valence-electron chi connectivity index (χ4n) is 3.23. The number of nitrogens with one attached hydrogen (secondary N) is 2. The maximum absolute atomic E-state index is 13.8. The lowest BCUT2D eigenvalue weighted by molar-refractivity contribution is 0.478. The summed E-state index contributed by atoms with van der Waals surface area (Å²) < 4.78 is 13.8. The largest absolute Gasteiger partial charge is 0.359 e. The Labute approximate surface area is 164 Å². The summed E-state index contributed by atoms with van der Waals surface area (Å²) in [5.41, 5.74) is 3.74. The molecule has 0 unspecified atom stereocenters. The molecule has 0 atom stereocenters. The highest BCUT2D eigenvalue weighted by Crippen LogP contribution is 2.42. The molecule has 27 heavy (non-hydrogen) atoms. The molecular weight excluding hydrogens is 359 g/mol. The molecule has 144 valence electrons. The van der Waals surface area contributed by atoms with E-state index in [1.54, 1.807) is 17.4 Å². The van der Waals surface area contributed by atoms with E-state index in [-0.39, 0.29) is 5.82 Å². The van der Waals surface area contributed by atoms with E-state index in [2.05, 4.69) is 48.6 Å². The number of aryl methyl sites for hydroxylation is 1. The van der Waals surface area contributed by atoms with Crippen molar-refractivity contribution in [1.82, 2.24) is 10.2 Å². The second kappa shape index (κ2) is 8.67. The summed E-state index contributed by atoms with van der Waals surface area (Å²) in [6.45, 7) is 9.11. The molecule has 1 aliphatic rings. The van der Waals surface area contributed by atoms with Crippen LogP contribution in [0.1, 0.15) is 36.3 Å². The van der Waals surface area contributed by atoms with Crippen LogP contribution in [0.15, 0.2) is 29.3 Å². The molecule has 0 aliphatic carbocycles. The second-order valence-corrected chi connectivity index (χ2v) is 7.85. The highest BCUT2D eigenvalue weighted by atomic mass is 32.1. The first kappa shape index (κ1) is 19.6. The number of halogens is 1. The Bertz CT molecular complexity index is 869. The summed E-state index contributed by atoms with van der Waals surface area (Å²) in [5.74, 6) is 0.666. The monoisotopic (exact) mass is 386 g/mol. The molecule has 3 rings (SSSR count). The quantitative estimate of drug-likeness (QED) is 0.662. The molecule has 0 fully saturated rings. The van der Waals surface area contributed by atoms with Gasteiger partial charge in [0.2, 0.25) is 0 Å². The van der Waals surface area contributed by atoms with E-state index in [1.807, 2.05) is 6.92 Å². The van der Waals surface area contributed by atoms with E-state index in [1.165, 1.54) is 22.6 Å². The van der Waals surface area contributed by atoms with Crippen molar-refractivity contribution in [2.45, 2.75) is 27.2 Å². The zero-order valence-corrected chi connectivity index (χ0v) is 17.2. The van der Waals surface area contributed by atoms with Gasteiger partial charge in [-0.2, -0.15) is 0 Å². The van der Waals surface area contributed by atoms with Gasteiger partial charge in [0, 0.05) is 24.0 Å². The van der Waals surface area contributed by atoms with E-state index in [4.69, 9.17) is 4.99 Å². The number of allylic oxidation sites excluding steroid dienone is 1. The third-order valence-electron chi connectivity index (χ3n) is 4.58. The van der Waals surface area contributed by atoms with Gasteiger partial charge in [-0.15, -0.1) is 11.3 Å². The number of benzene rings is 1. The third-order valence-corrected chi connectivity index (χ3v) is 5.62. The van der Waals surface area contributed by atoms with Crippen LogP contribution in [0.3, 0.4) is 0 Å². The van der Waals surface area contributed by atoms with E-state index in [0.717, 1.165) is 48.1 Å². The lowest BCUT2D eigenvalue weighted by Crippen LogP contribution is -2.30. The molecule has 1 aliphatic heterocycles. The molecular formula is C21H27FN4S. The smallest absolute Gasteiger partial charge is 0.139 e. The second-order valence-electron chi connectivity index (χ2n) is 6.63. The van der Waals surface area contributed by atoms with Crippen LogP contribution >= 0.6 is 11.3 Å². The molecule has 2 aromatic rings. The first-order chi connectivity index (χ1) is 13.0. The van der Waals surface area contributed by atoms with Crippen LogP contribution < -0.4 is 10.6 Å². The van der Waals surface area contributed by atoms with Crippen LogP contribution in [0, 0.1) is 12.7 Å². The lowest BCUT2D eigenvalue weighted by atomic mass is 10.1. The average molecular weight is 387 g/mol. The van der Waals surface area contributed by atoms with Crippen molar-refractivity contribution in [1.29, 1.82) is 0 Å². The van der Waals surface area contributed by atoms with Gasteiger partial charge in [0.1, 0.15) is 16.7 Å². The zero-order valence-electron chi connectivity index (χ0n) is 16.4. The van der Waals surface area contributed by atoms with Gasteiger partial charge >= 0.3 is 0 Å². The van der Waals surface area contributed by atoms with E-state index < -0.39 is 0 Å². The van der Waals surface area contributed by atoms with Gasteiger partial charge in [-0.25, -0.2) is 9.38 Å². The fourth-order valence-corrected chi connectivity index (χ4v) is 4.28. The Morgan fingerprint density at radius 2 is 2.19 bits per heavy atom. The summed E-state index contributed by atoms with van der Waals surface area (Å²) >= 11 is 1.69. The summed E-state index contributed by atoms with van der Waals surface area (Å²) in [4.78, 5) is 8.37. The normalized spacial score (nSPS) is 13.0. The maximum atomic E-state index is 13.8. The average Bonchev–Trinajstić information content (AvgIpc) is 2.84. The van der Waals surface area contributed by atoms with Crippen LogP contribution in [0.5, 0.6) is 0 Å². The molecule has 6 heteroatoms. The van der Waals surface area contributed by atoms with Crippen molar-refractivity contribution in [3.05, 3.63) is 46.1 Å². The van der Waals surface area contributed by atoms with Gasteiger partial charge in [0.05, 0.1) is 16.9 Å². The van der Waals surface area contributed by atoms with Crippen LogP contribution in [0.25, 0.3) is 6.08 Å². The van der Waals surface area contributed by atoms with E-state index >= 15 is 0 Å². The Balaban J connectivity index is 2.06. The minimum atomic E-state index is -0.262.